The fourth-order valence-corrected chi connectivity index (χ4v) is 1.16. The summed E-state index contributed by atoms with van der Waals surface area (Å²) < 4.78 is 5.32. The summed E-state index contributed by atoms with van der Waals surface area (Å²) >= 11 is 0. The van der Waals surface area contributed by atoms with E-state index in [1.165, 1.54) is 12.8 Å². The van der Waals surface area contributed by atoms with Crippen molar-refractivity contribution in [1.82, 2.24) is 0 Å². The second-order valence-corrected chi connectivity index (χ2v) is 3.44. The van der Waals surface area contributed by atoms with E-state index in [2.05, 4.69) is 13.0 Å². The minimum atomic E-state index is 0.157. The van der Waals surface area contributed by atoms with Gasteiger partial charge in [0.05, 0.1) is 12.7 Å². The second-order valence-electron chi connectivity index (χ2n) is 3.44. The normalized spacial score (nSPS) is 14.6. The van der Waals surface area contributed by atoms with Crippen LogP contribution in [0.3, 0.4) is 0 Å². The van der Waals surface area contributed by atoms with Crippen molar-refractivity contribution in [2.24, 2.45) is 0 Å². The van der Waals surface area contributed by atoms with Gasteiger partial charge in [0.15, 0.2) is 0 Å². The Bertz CT molecular complexity index is 141. The first-order valence-electron chi connectivity index (χ1n) is 5.03. The van der Waals surface area contributed by atoms with E-state index in [1.807, 2.05) is 6.92 Å². The van der Waals surface area contributed by atoms with Crippen LogP contribution >= 0.6 is 0 Å². The topological polar surface area (TPSA) is 29.5 Å². The van der Waals surface area contributed by atoms with E-state index in [1.54, 1.807) is 7.11 Å². The van der Waals surface area contributed by atoms with E-state index in [-0.39, 0.29) is 6.61 Å². The van der Waals surface area contributed by atoms with Gasteiger partial charge < -0.3 is 9.84 Å². The fraction of sp³-hybridized carbons (Fsp3) is 0.818. The molecule has 0 rings (SSSR count). The Morgan fingerprint density at radius 1 is 1.54 bits per heavy atom. The van der Waals surface area contributed by atoms with Gasteiger partial charge in [0.2, 0.25) is 0 Å². The van der Waals surface area contributed by atoms with Crippen LogP contribution in [0.4, 0.5) is 0 Å². The van der Waals surface area contributed by atoms with Crippen LogP contribution < -0.4 is 0 Å². The van der Waals surface area contributed by atoms with Crippen LogP contribution in [0.5, 0.6) is 0 Å². The monoisotopic (exact) mass is 186 g/mol. The lowest BCUT2D eigenvalue weighted by atomic mass is 10.1. The summed E-state index contributed by atoms with van der Waals surface area (Å²) in [6.07, 6.45) is 6.84. The molecule has 0 spiro atoms. The van der Waals surface area contributed by atoms with Crippen molar-refractivity contribution in [3.63, 3.8) is 0 Å². The Kier molecular flexibility index (Phi) is 8.05. The number of aliphatic hydroxyl groups excluding tert-OH is 1. The lowest BCUT2D eigenvalue weighted by molar-refractivity contribution is 0.0954. The number of hydrogen-bond donors (Lipinski definition) is 1. The van der Waals surface area contributed by atoms with Crippen molar-refractivity contribution < 1.29 is 9.84 Å². The zero-order valence-corrected chi connectivity index (χ0v) is 9.05. The van der Waals surface area contributed by atoms with E-state index in [9.17, 15) is 0 Å². The average molecular weight is 186 g/mol. The van der Waals surface area contributed by atoms with Crippen LogP contribution in [0.25, 0.3) is 0 Å². The van der Waals surface area contributed by atoms with Gasteiger partial charge in [-0.3, -0.25) is 0 Å². The zero-order chi connectivity index (χ0) is 10.1. The molecule has 0 aromatic heterocycles. The lowest BCUT2D eigenvalue weighted by Crippen LogP contribution is -2.09. The third kappa shape index (κ3) is 6.79. The molecule has 0 saturated heterocycles. The molecule has 1 atom stereocenters. The molecule has 2 nitrogen and oxygen atoms in total. The molecule has 0 aromatic carbocycles. The van der Waals surface area contributed by atoms with Crippen LogP contribution in [0.2, 0.25) is 0 Å². The Balaban J connectivity index is 3.70. The summed E-state index contributed by atoms with van der Waals surface area (Å²) in [7, 11) is 1.75. The molecule has 13 heavy (non-hydrogen) atoms. The predicted octanol–water partition coefficient (Wildman–Crippen LogP) is 2.52. The van der Waals surface area contributed by atoms with Gasteiger partial charge in [0, 0.05) is 7.11 Å². The standard InChI is InChI=1S/C11H22O2/c1-4-5-6-11(13-3)8-7-10(2)9-12/h7,11-12H,4-6,8-9H2,1-3H3. The molecular weight excluding hydrogens is 164 g/mol. The third-order valence-electron chi connectivity index (χ3n) is 2.19. The first kappa shape index (κ1) is 12.7. The summed E-state index contributed by atoms with van der Waals surface area (Å²) in [5.41, 5.74) is 1.03. The van der Waals surface area contributed by atoms with Crippen LogP contribution in [0.15, 0.2) is 11.6 Å². The average Bonchev–Trinajstić information content (AvgIpc) is 2.17. The first-order valence-corrected chi connectivity index (χ1v) is 5.03. The van der Waals surface area contributed by atoms with E-state index in [4.69, 9.17) is 9.84 Å². The molecule has 0 saturated carbocycles. The molecule has 0 bridgehead atoms. The van der Waals surface area contributed by atoms with Crippen molar-refractivity contribution >= 4 is 0 Å². The summed E-state index contributed by atoms with van der Waals surface area (Å²) in [5.74, 6) is 0. The summed E-state index contributed by atoms with van der Waals surface area (Å²) in [4.78, 5) is 0. The van der Waals surface area contributed by atoms with Gasteiger partial charge >= 0.3 is 0 Å². The molecule has 0 aromatic rings. The third-order valence-corrected chi connectivity index (χ3v) is 2.19. The van der Waals surface area contributed by atoms with Crippen molar-refractivity contribution in [3.8, 4) is 0 Å². The largest absolute Gasteiger partial charge is 0.392 e. The quantitative estimate of drug-likeness (QED) is 0.619. The van der Waals surface area contributed by atoms with E-state index < -0.39 is 0 Å². The number of rotatable bonds is 7. The highest BCUT2D eigenvalue weighted by molar-refractivity contribution is 4.98. The smallest absolute Gasteiger partial charge is 0.0639 e. The molecule has 0 aliphatic heterocycles. The van der Waals surface area contributed by atoms with Gasteiger partial charge in [-0.25, -0.2) is 0 Å². The molecule has 0 aliphatic carbocycles. The van der Waals surface area contributed by atoms with Gasteiger partial charge in [-0.1, -0.05) is 31.4 Å². The van der Waals surface area contributed by atoms with Crippen LogP contribution in [0, 0.1) is 0 Å². The lowest BCUT2D eigenvalue weighted by Gasteiger charge is -2.12. The van der Waals surface area contributed by atoms with Gasteiger partial charge in [0.1, 0.15) is 0 Å². The zero-order valence-electron chi connectivity index (χ0n) is 9.05. The van der Waals surface area contributed by atoms with Gasteiger partial charge in [-0.15, -0.1) is 0 Å². The second kappa shape index (κ2) is 8.27. The van der Waals surface area contributed by atoms with E-state index in [0.29, 0.717) is 6.10 Å². The molecule has 0 amide bonds. The van der Waals surface area contributed by atoms with E-state index >= 15 is 0 Å². The molecule has 78 valence electrons. The maximum Gasteiger partial charge on any atom is 0.0639 e. The van der Waals surface area contributed by atoms with Crippen LogP contribution in [0.1, 0.15) is 39.5 Å². The Morgan fingerprint density at radius 3 is 2.69 bits per heavy atom. The number of aliphatic hydroxyl groups is 1. The fourth-order valence-electron chi connectivity index (χ4n) is 1.16. The van der Waals surface area contributed by atoms with Crippen molar-refractivity contribution in [1.29, 1.82) is 0 Å². The number of ether oxygens (including phenoxy) is 1. The maximum atomic E-state index is 8.79. The highest BCUT2D eigenvalue weighted by atomic mass is 16.5. The Morgan fingerprint density at radius 2 is 2.23 bits per heavy atom. The molecule has 0 aliphatic rings. The predicted molar refractivity (Wildman–Crippen MR) is 55.8 cm³/mol. The molecule has 1 N–H and O–H groups in total. The SMILES string of the molecule is CCCCC(CC=C(C)CO)OC. The van der Waals surface area contributed by atoms with Gasteiger partial charge in [0.25, 0.3) is 0 Å². The number of methoxy groups -OCH3 is 1. The molecule has 2 heteroatoms. The van der Waals surface area contributed by atoms with Crippen molar-refractivity contribution in [2.75, 3.05) is 13.7 Å². The minimum absolute atomic E-state index is 0.157. The molecule has 0 fully saturated rings. The minimum Gasteiger partial charge on any atom is -0.392 e. The van der Waals surface area contributed by atoms with Crippen molar-refractivity contribution in [2.45, 2.75) is 45.6 Å². The summed E-state index contributed by atoms with van der Waals surface area (Å²) in [5, 5.41) is 8.79. The van der Waals surface area contributed by atoms with Crippen molar-refractivity contribution in [3.05, 3.63) is 11.6 Å². The summed E-state index contributed by atoms with van der Waals surface area (Å²) in [6, 6.07) is 0. The summed E-state index contributed by atoms with van der Waals surface area (Å²) in [6.45, 7) is 4.28. The van der Waals surface area contributed by atoms with Crippen LogP contribution in [-0.4, -0.2) is 24.9 Å². The molecule has 0 radical (unpaired) electrons. The highest BCUT2D eigenvalue weighted by Gasteiger charge is 2.03. The van der Waals surface area contributed by atoms with E-state index in [0.717, 1.165) is 18.4 Å². The Hall–Kier alpha value is -0.340. The van der Waals surface area contributed by atoms with Gasteiger partial charge in [-0.05, 0) is 19.8 Å². The number of unbranched alkanes of at least 4 members (excludes halogenated alkanes) is 1. The molecular formula is C11H22O2. The molecule has 1 unspecified atom stereocenters. The highest BCUT2D eigenvalue weighted by Crippen LogP contribution is 2.09. The number of hydrogen-bond acceptors (Lipinski definition) is 2. The van der Waals surface area contributed by atoms with Crippen LogP contribution in [-0.2, 0) is 4.74 Å². The van der Waals surface area contributed by atoms with Gasteiger partial charge in [-0.2, -0.15) is 0 Å². The Labute approximate surface area is 81.6 Å². The first-order chi connectivity index (χ1) is 6.24. The molecule has 0 heterocycles. The maximum absolute atomic E-state index is 8.79.